The van der Waals surface area contributed by atoms with Crippen LogP contribution >= 0.6 is 0 Å². The van der Waals surface area contributed by atoms with Gasteiger partial charge in [-0.25, -0.2) is 0 Å². The minimum atomic E-state index is -0.618. The lowest BCUT2D eigenvalue weighted by atomic mass is 10.0. The molecule has 0 spiro atoms. The lowest BCUT2D eigenvalue weighted by Gasteiger charge is -2.06. The average Bonchev–Trinajstić information content (AvgIpc) is 2.64. The van der Waals surface area contributed by atoms with Crippen molar-refractivity contribution in [3.8, 4) is 11.5 Å². The third-order valence-corrected chi connectivity index (χ3v) is 3.16. The molecule has 0 aliphatic rings. The van der Waals surface area contributed by atoms with Crippen LogP contribution in [0.15, 0.2) is 48.5 Å². The van der Waals surface area contributed by atoms with Crippen molar-refractivity contribution in [1.29, 1.82) is 0 Å². The molecule has 2 aromatic carbocycles. The normalized spacial score (nSPS) is 10.2. The molecule has 0 saturated heterocycles. The first-order valence-electron chi connectivity index (χ1n) is 7.42. The fraction of sp³-hybridized carbons (Fsp3) is 0.222. The fourth-order valence-corrected chi connectivity index (χ4v) is 1.99. The predicted octanol–water partition coefficient (Wildman–Crippen LogP) is 1.49. The Balaban J connectivity index is 2.04. The van der Waals surface area contributed by atoms with Crippen molar-refractivity contribution in [2.24, 2.45) is 0 Å². The number of hydrogen-bond acceptors (Lipinski definition) is 6. The Bertz CT molecular complexity index is 614. The van der Waals surface area contributed by atoms with Crippen LogP contribution in [0.2, 0.25) is 0 Å². The van der Waals surface area contributed by atoms with Gasteiger partial charge >= 0.3 is 0 Å². The summed E-state index contributed by atoms with van der Waals surface area (Å²) >= 11 is 0. The van der Waals surface area contributed by atoms with E-state index in [9.17, 15) is 9.59 Å². The first-order valence-corrected chi connectivity index (χ1v) is 7.42. The Morgan fingerprint density at radius 3 is 1.29 bits per heavy atom. The second-order valence-corrected chi connectivity index (χ2v) is 4.85. The molecule has 2 aromatic rings. The first kappa shape index (κ1) is 17.7. The summed E-state index contributed by atoms with van der Waals surface area (Å²) in [6.07, 6.45) is 0. The van der Waals surface area contributed by atoms with Crippen LogP contribution in [0.5, 0.6) is 11.5 Å². The van der Waals surface area contributed by atoms with Gasteiger partial charge in [0, 0.05) is 11.1 Å². The SMILES string of the molecule is O=C(C(=O)c1ccc(OCCO)cc1)c1ccc(OCCO)cc1. The van der Waals surface area contributed by atoms with Crippen LogP contribution in [0.25, 0.3) is 0 Å². The molecule has 0 atom stereocenters. The Hall–Kier alpha value is -2.70. The molecular weight excluding hydrogens is 312 g/mol. The van der Waals surface area contributed by atoms with Crippen molar-refractivity contribution >= 4 is 11.6 Å². The summed E-state index contributed by atoms with van der Waals surface area (Å²) in [7, 11) is 0. The third-order valence-electron chi connectivity index (χ3n) is 3.16. The van der Waals surface area contributed by atoms with Crippen molar-refractivity contribution < 1.29 is 29.3 Å². The molecule has 0 aliphatic carbocycles. The molecule has 126 valence electrons. The Morgan fingerprint density at radius 1 is 0.667 bits per heavy atom. The lowest BCUT2D eigenvalue weighted by molar-refractivity contribution is 0.0817. The van der Waals surface area contributed by atoms with Gasteiger partial charge < -0.3 is 19.7 Å². The molecule has 0 bridgehead atoms. The molecule has 0 heterocycles. The van der Waals surface area contributed by atoms with Gasteiger partial charge in [-0.1, -0.05) is 0 Å². The van der Waals surface area contributed by atoms with Gasteiger partial charge in [0.05, 0.1) is 13.2 Å². The minimum Gasteiger partial charge on any atom is -0.491 e. The molecule has 24 heavy (non-hydrogen) atoms. The number of aliphatic hydroxyl groups excluding tert-OH is 2. The van der Waals surface area contributed by atoms with Crippen molar-refractivity contribution in [3.63, 3.8) is 0 Å². The number of Topliss-reactive ketones (excluding diaryl/α,β-unsaturated/α-hetero) is 2. The second kappa shape index (κ2) is 8.81. The maximum atomic E-state index is 12.2. The summed E-state index contributed by atoms with van der Waals surface area (Å²) < 4.78 is 10.4. The Morgan fingerprint density at radius 2 is 1.00 bits per heavy atom. The molecule has 6 heteroatoms. The third kappa shape index (κ3) is 4.65. The Kier molecular flexibility index (Phi) is 6.48. The van der Waals surface area contributed by atoms with Crippen LogP contribution in [0, 0.1) is 0 Å². The van der Waals surface area contributed by atoms with Gasteiger partial charge in [0.25, 0.3) is 0 Å². The number of aliphatic hydroxyl groups is 2. The number of rotatable bonds is 9. The zero-order chi connectivity index (χ0) is 17.4. The van der Waals surface area contributed by atoms with E-state index in [1.165, 1.54) is 24.3 Å². The van der Waals surface area contributed by atoms with Crippen molar-refractivity contribution in [3.05, 3.63) is 59.7 Å². The van der Waals surface area contributed by atoms with Gasteiger partial charge in [-0.3, -0.25) is 9.59 Å². The second-order valence-electron chi connectivity index (χ2n) is 4.85. The van der Waals surface area contributed by atoms with E-state index >= 15 is 0 Å². The van der Waals surface area contributed by atoms with Crippen LogP contribution < -0.4 is 9.47 Å². The van der Waals surface area contributed by atoms with E-state index in [0.29, 0.717) is 11.5 Å². The number of carbonyl (C=O) groups is 2. The molecule has 0 radical (unpaired) electrons. The smallest absolute Gasteiger partial charge is 0.233 e. The summed E-state index contributed by atoms with van der Waals surface area (Å²) in [5, 5.41) is 17.4. The zero-order valence-corrected chi connectivity index (χ0v) is 13.0. The summed E-state index contributed by atoms with van der Waals surface area (Å²) in [6, 6.07) is 12.3. The number of carbonyl (C=O) groups excluding carboxylic acids is 2. The van der Waals surface area contributed by atoms with Crippen molar-refractivity contribution in [2.45, 2.75) is 0 Å². The number of benzene rings is 2. The van der Waals surface area contributed by atoms with Gasteiger partial charge in [0.2, 0.25) is 11.6 Å². The van der Waals surface area contributed by atoms with Gasteiger partial charge in [0.1, 0.15) is 24.7 Å². The van der Waals surface area contributed by atoms with Gasteiger partial charge in [-0.15, -0.1) is 0 Å². The zero-order valence-electron chi connectivity index (χ0n) is 13.0. The maximum Gasteiger partial charge on any atom is 0.233 e. The number of ether oxygens (including phenoxy) is 2. The minimum absolute atomic E-state index is 0.100. The number of ketones is 2. The molecule has 2 N–H and O–H groups in total. The van der Waals surface area contributed by atoms with Crippen LogP contribution in [0.1, 0.15) is 20.7 Å². The van der Waals surface area contributed by atoms with Crippen molar-refractivity contribution in [2.75, 3.05) is 26.4 Å². The highest BCUT2D eigenvalue weighted by molar-refractivity contribution is 6.49. The highest BCUT2D eigenvalue weighted by Gasteiger charge is 2.18. The van der Waals surface area contributed by atoms with Gasteiger partial charge in [-0.05, 0) is 48.5 Å². The maximum absolute atomic E-state index is 12.2. The summed E-state index contributed by atoms with van der Waals surface area (Å²) in [5.74, 6) is -0.211. The Labute approximate surface area is 139 Å². The summed E-state index contributed by atoms with van der Waals surface area (Å²) in [5.41, 5.74) is 0.522. The van der Waals surface area contributed by atoms with E-state index in [1.807, 2.05) is 0 Å². The van der Waals surface area contributed by atoms with E-state index in [2.05, 4.69) is 0 Å². The molecule has 0 amide bonds. The molecular formula is C18H18O6. The van der Waals surface area contributed by atoms with Crippen molar-refractivity contribution in [1.82, 2.24) is 0 Å². The van der Waals surface area contributed by atoms with Gasteiger partial charge in [0.15, 0.2) is 0 Å². The van der Waals surface area contributed by atoms with Crippen LogP contribution in [0.4, 0.5) is 0 Å². The van der Waals surface area contributed by atoms with E-state index in [-0.39, 0.29) is 37.6 Å². The van der Waals surface area contributed by atoms with E-state index in [1.54, 1.807) is 24.3 Å². The molecule has 6 nitrogen and oxygen atoms in total. The molecule has 0 unspecified atom stereocenters. The largest absolute Gasteiger partial charge is 0.491 e. The van der Waals surface area contributed by atoms with E-state index < -0.39 is 11.6 Å². The molecule has 0 fully saturated rings. The molecule has 0 aromatic heterocycles. The summed E-state index contributed by atoms with van der Waals surface area (Å²) in [4.78, 5) is 24.5. The molecule has 0 saturated carbocycles. The lowest BCUT2D eigenvalue weighted by Crippen LogP contribution is -2.14. The van der Waals surface area contributed by atoms with Crippen LogP contribution in [0.3, 0.4) is 0 Å². The monoisotopic (exact) mass is 330 g/mol. The number of hydrogen-bond donors (Lipinski definition) is 2. The highest BCUT2D eigenvalue weighted by Crippen LogP contribution is 2.16. The summed E-state index contributed by atoms with van der Waals surface area (Å²) in [6.45, 7) is 0.127. The van der Waals surface area contributed by atoms with Crippen LogP contribution in [-0.4, -0.2) is 48.2 Å². The topological polar surface area (TPSA) is 93.1 Å². The average molecular weight is 330 g/mol. The van der Waals surface area contributed by atoms with Gasteiger partial charge in [-0.2, -0.15) is 0 Å². The predicted molar refractivity (Wildman–Crippen MR) is 86.7 cm³/mol. The highest BCUT2D eigenvalue weighted by atomic mass is 16.5. The quantitative estimate of drug-likeness (QED) is 0.534. The fourth-order valence-electron chi connectivity index (χ4n) is 1.99. The van der Waals surface area contributed by atoms with E-state index in [4.69, 9.17) is 19.7 Å². The standard InChI is InChI=1S/C18H18O6/c19-9-11-23-15-5-1-13(2-6-15)17(21)18(22)14-3-7-16(8-4-14)24-12-10-20/h1-8,19-20H,9-12H2. The molecule has 0 aliphatic heterocycles. The molecule has 2 rings (SSSR count). The van der Waals surface area contributed by atoms with E-state index in [0.717, 1.165) is 0 Å². The first-order chi connectivity index (χ1) is 11.7. The van der Waals surface area contributed by atoms with Crippen LogP contribution in [-0.2, 0) is 0 Å².